The molecular weight excluding hydrogens is 362 g/mol. The van der Waals surface area contributed by atoms with E-state index < -0.39 is 0 Å². The molecule has 5 rings (SSSR count). The Kier molecular flexibility index (Phi) is 5.06. The van der Waals surface area contributed by atoms with Crippen LogP contribution in [0.5, 0.6) is 5.75 Å². The van der Waals surface area contributed by atoms with E-state index in [0.717, 1.165) is 5.92 Å². The molecule has 0 unspecified atom stereocenters. The Morgan fingerprint density at radius 2 is 2.12 bits per heavy atom. The van der Waals surface area contributed by atoms with E-state index >= 15 is 0 Å². The van der Waals surface area contributed by atoms with Crippen LogP contribution in [0.4, 0.5) is 0 Å². The Balaban J connectivity index is 0.00000168. The van der Waals surface area contributed by atoms with Gasteiger partial charge in [0, 0.05) is 22.9 Å². The molecule has 2 aromatic rings. The molecule has 2 fully saturated rings. The lowest BCUT2D eigenvalue weighted by molar-refractivity contribution is -0.0106. The number of fused-ring (bicyclic) bond motifs is 1. The molecule has 1 aliphatic heterocycles. The van der Waals surface area contributed by atoms with E-state index in [1.807, 2.05) is 17.4 Å². The van der Waals surface area contributed by atoms with Gasteiger partial charge in [0.2, 0.25) is 0 Å². The number of halogens is 1. The molecule has 3 atom stereocenters. The zero-order chi connectivity index (χ0) is 16.9. The number of nitrogens with zero attached hydrogens (tertiary/aromatic N) is 1. The van der Waals surface area contributed by atoms with Crippen LogP contribution in [0.1, 0.15) is 48.1 Å². The first-order valence-corrected chi connectivity index (χ1v) is 10.7. The van der Waals surface area contributed by atoms with Crippen LogP contribution in [0.2, 0.25) is 0 Å². The lowest BCUT2D eigenvalue weighted by Gasteiger charge is -2.59. The molecule has 1 saturated carbocycles. The minimum atomic E-state index is 0. The maximum Gasteiger partial charge on any atom is 0.115 e. The van der Waals surface area contributed by atoms with Crippen LogP contribution in [0, 0.1) is 5.92 Å². The fraction of sp³-hybridized carbons (Fsp3) is 0.545. The highest BCUT2D eigenvalue weighted by Gasteiger charge is 2.53. The Labute approximate surface area is 166 Å². The molecule has 0 radical (unpaired) electrons. The summed E-state index contributed by atoms with van der Waals surface area (Å²) in [5.41, 5.74) is 3.34. The number of aromatic hydroxyl groups is 1. The van der Waals surface area contributed by atoms with Crippen molar-refractivity contribution in [3.05, 3.63) is 51.7 Å². The highest BCUT2D eigenvalue weighted by atomic mass is 35.5. The predicted molar refractivity (Wildman–Crippen MR) is 111 cm³/mol. The zero-order valence-corrected chi connectivity index (χ0v) is 16.8. The Morgan fingerprint density at radius 1 is 1.19 bits per heavy atom. The van der Waals surface area contributed by atoms with E-state index in [0.29, 0.717) is 17.2 Å². The van der Waals surface area contributed by atoms with Crippen molar-refractivity contribution in [3.63, 3.8) is 0 Å². The van der Waals surface area contributed by atoms with Crippen molar-refractivity contribution >= 4 is 23.7 Å². The quantitative estimate of drug-likeness (QED) is 0.782. The summed E-state index contributed by atoms with van der Waals surface area (Å²) >= 11 is 1.89. The summed E-state index contributed by atoms with van der Waals surface area (Å²) in [5.74, 6) is 1.24. The number of phenolic OH excluding ortho intramolecular Hbond substituents is 1. The number of hydrogen-bond donors (Lipinski definition) is 1. The predicted octanol–water partition coefficient (Wildman–Crippen LogP) is 5.18. The minimum absolute atomic E-state index is 0. The molecule has 4 heteroatoms. The molecule has 140 valence electrons. The van der Waals surface area contributed by atoms with E-state index in [2.05, 4.69) is 34.5 Å². The van der Waals surface area contributed by atoms with E-state index in [-0.39, 0.29) is 12.4 Å². The van der Waals surface area contributed by atoms with Crippen molar-refractivity contribution in [2.75, 3.05) is 13.1 Å². The normalized spacial score (nSPS) is 30.2. The summed E-state index contributed by atoms with van der Waals surface area (Å²) in [6, 6.07) is 11.3. The summed E-state index contributed by atoms with van der Waals surface area (Å²) in [6.07, 6.45) is 9.07. The van der Waals surface area contributed by atoms with Crippen LogP contribution in [-0.2, 0) is 18.3 Å². The van der Waals surface area contributed by atoms with E-state index in [4.69, 9.17) is 0 Å². The number of benzene rings is 1. The third kappa shape index (κ3) is 2.89. The van der Waals surface area contributed by atoms with Crippen molar-refractivity contribution < 1.29 is 5.11 Å². The summed E-state index contributed by atoms with van der Waals surface area (Å²) < 4.78 is 0. The van der Waals surface area contributed by atoms with Gasteiger partial charge in [-0.15, -0.1) is 23.7 Å². The monoisotopic (exact) mass is 389 g/mol. The fourth-order valence-electron chi connectivity index (χ4n) is 6.06. The second-order valence-corrected chi connectivity index (χ2v) is 9.27. The first-order valence-electron chi connectivity index (χ1n) is 9.85. The Hall–Kier alpha value is -1.03. The van der Waals surface area contributed by atoms with Gasteiger partial charge in [0.25, 0.3) is 0 Å². The number of likely N-dealkylation sites (tertiary alicyclic amines) is 1. The standard InChI is InChI=1S/C22H27NOS.ClH/c24-17-7-6-16-14-21-19-5-1-2-9-22(19,20(16)15-17)10-12-23(21)11-8-18-4-3-13-25-18;/h3-4,6-7,13,15,19,21,24H,1-2,5,8-12,14H2;1H/t19-,21+,22+;/m0./s1. The van der Waals surface area contributed by atoms with Gasteiger partial charge >= 0.3 is 0 Å². The number of phenols is 1. The maximum atomic E-state index is 10.1. The summed E-state index contributed by atoms with van der Waals surface area (Å²) in [5, 5.41) is 12.3. The van der Waals surface area contributed by atoms with Crippen molar-refractivity contribution in [1.29, 1.82) is 0 Å². The lowest BCUT2D eigenvalue weighted by Crippen LogP contribution is -2.61. The van der Waals surface area contributed by atoms with Gasteiger partial charge in [0.05, 0.1) is 0 Å². The van der Waals surface area contributed by atoms with Crippen LogP contribution in [0.15, 0.2) is 35.7 Å². The van der Waals surface area contributed by atoms with E-state index in [9.17, 15) is 5.11 Å². The summed E-state index contributed by atoms with van der Waals surface area (Å²) in [7, 11) is 0. The van der Waals surface area contributed by atoms with Crippen LogP contribution in [0.25, 0.3) is 0 Å². The lowest BCUT2D eigenvalue weighted by atomic mass is 9.52. The molecule has 0 amide bonds. The fourth-order valence-corrected chi connectivity index (χ4v) is 6.76. The largest absolute Gasteiger partial charge is 0.508 e. The van der Waals surface area contributed by atoms with Crippen molar-refractivity contribution in [1.82, 2.24) is 4.90 Å². The third-order valence-electron chi connectivity index (χ3n) is 7.16. The first-order chi connectivity index (χ1) is 12.3. The topological polar surface area (TPSA) is 23.5 Å². The zero-order valence-electron chi connectivity index (χ0n) is 15.2. The number of hydrogen-bond acceptors (Lipinski definition) is 3. The molecule has 1 N–H and O–H groups in total. The molecule has 1 saturated heterocycles. The molecule has 2 heterocycles. The van der Waals surface area contributed by atoms with E-state index in [1.165, 1.54) is 74.0 Å². The van der Waals surface area contributed by atoms with E-state index in [1.54, 1.807) is 0 Å². The van der Waals surface area contributed by atoms with Crippen LogP contribution >= 0.6 is 23.7 Å². The molecular formula is C22H28ClNOS. The second kappa shape index (κ2) is 7.18. The van der Waals surface area contributed by atoms with Gasteiger partial charge in [0.15, 0.2) is 0 Å². The molecule has 2 bridgehead atoms. The van der Waals surface area contributed by atoms with Crippen molar-refractivity contribution in [2.24, 2.45) is 5.92 Å². The molecule has 3 aliphatic rings. The highest BCUT2D eigenvalue weighted by Crippen LogP contribution is 2.56. The smallest absolute Gasteiger partial charge is 0.115 e. The average molecular weight is 390 g/mol. The minimum Gasteiger partial charge on any atom is -0.508 e. The molecule has 2 aliphatic carbocycles. The highest BCUT2D eigenvalue weighted by molar-refractivity contribution is 7.09. The average Bonchev–Trinajstić information content (AvgIpc) is 3.15. The van der Waals surface area contributed by atoms with Crippen LogP contribution in [0.3, 0.4) is 0 Å². The van der Waals surface area contributed by atoms with Crippen LogP contribution < -0.4 is 0 Å². The van der Waals surface area contributed by atoms with Crippen molar-refractivity contribution in [2.45, 2.75) is 56.4 Å². The van der Waals surface area contributed by atoms with Crippen molar-refractivity contribution in [3.8, 4) is 5.75 Å². The number of piperidine rings is 1. The van der Waals surface area contributed by atoms with Gasteiger partial charge < -0.3 is 5.11 Å². The van der Waals surface area contributed by atoms with Gasteiger partial charge in [-0.25, -0.2) is 0 Å². The second-order valence-electron chi connectivity index (χ2n) is 8.24. The van der Waals surface area contributed by atoms with Gasteiger partial charge in [0.1, 0.15) is 5.75 Å². The number of thiophene rings is 1. The maximum absolute atomic E-state index is 10.1. The number of rotatable bonds is 3. The molecule has 0 spiro atoms. The SMILES string of the molecule is Cl.Oc1ccc2c(c1)[C@@]13CCCC[C@H]1[C@@H](C2)N(CCc1cccs1)CC3. The summed E-state index contributed by atoms with van der Waals surface area (Å²) in [4.78, 5) is 4.31. The van der Waals surface area contributed by atoms with Gasteiger partial charge in [-0.2, -0.15) is 0 Å². The summed E-state index contributed by atoms with van der Waals surface area (Å²) in [6.45, 7) is 2.42. The molecule has 26 heavy (non-hydrogen) atoms. The van der Waals surface area contributed by atoms with Gasteiger partial charge in [-0.3, -0.25) is 4.90 Å². The molecule has 2 nitrogen and oxygen atoms in total. The molecule has 1 aromatic carbocycles. The Morgan fingerprint density at radius 3 is 2.96 bits per heavy atom. The van der Waals surface area contributed by atoms with Gasteiger partial charge in [-0.05, 0) is 79.3 Å². The van der Waals surface area contributed by atoms with Gasteiger partial charge in [-0.1, -0.05) is 25.0 Å². The first kappa shape index (κ1) is 18.3. The third-order valence-corrected chi connectivity index (χ3v) is 8.10. The molecule has 1 aromatic heterocycles. The van der Waals surface area contributed by atoms with Crippen LogP contribution in [-0.4, -0.2) is 29.1 Å². The Bertz CT molecular complexity index is 762.